The van der Waals surface area contributed by atoms with Crippen LogP contribution < -0.4 is 5.32 Å². The number of anilines is 1. The van der Waals surface area contributed by atoms with Gasteiger partial charge >= 0.3 is 0 Å². The smallest absolute Gasteiger partial charge is 0.274 e. The van der Waals surface area contributed by atoms with Crippen LogP contribution in [0, 0.1) is 5.82 Å². The van der Waals surface area contributed by atoms with Gasteiger partial charge in [0.1, 0.15) is 17.8 Å². The highest BCUT2D eigenvalue weighted by molar-refractivity contribution is 7.14. The Labute approximate surface area is 135 Å². The van der Waals surface area contributed by atoms with E-state index in [0.717, 1.165) is 29.6 Å². The fourth-order valence-corrected chi connectivity index (χ4v) is 3.11. The van der Waals surface area contributed by atoms with Gasteiger partial charge in [0, 0.05) is 23.7 Å². The van der Waals surface area contributed by atoms with Crippen LogP contribution in [0.25, 0.3) is 10.7 Å². The first kappa shape index (κ1) is 14.0. The number of nitrogens with zero attached hydrogens (tertiary/aromatic N) is 4. The van der Waals surface area contributed by atoms with Gasteiger partial charge in [-0.2, -0.15) is 0 Å². The summed E-state index contributed by atoms with van der Waals surface area (Å²) in [7, 11) is 0. The summed E-state index contributed by atoms with van der Waals surface area (Å²) in [5.41, 5.74) is 0.672. The maximum absolute atomic E-state index is 13.1. The van der Waals surface area contributed by atoms with E-state index in [1.165, 1.54) is 23.6 Å². The van der Waals surface area contributed by atoms with Crippen molar-refractivity contribution in [3.8, 4) is 10.7 Å². The molecule has 0 bridgehead atoms. The molecule has 116 valence electrons. The second-order valence-electron chi connectivity index (χ2n) is 5.31. The van der Waals surface area contributed by atoms with Gasteiger partial charge in [0.2, 0.25) is 0 Å². The molecule has 1 saturated carbocycles. The molecule has 0 radical (unpaired) electrons. The van der Waals surface area contributed by atoms with E-state index < -0.39 is 11.7 Å². The first-order valence-corrected chi connectivity index (χ1v) is 8.00. The minimum absolute atomic E-state index is 0.0406. The predicted molar refractivity (Wildman–Crippen MR) is 83.8 cm³/mol. The number of hydrogen-bond acceptors (Lipinski definition) is 5. The van der Waals surface area contributed by atoms with Gasteiger partial charge < -0.3 is 9.88 Å². The number of thiophene rings is 1. The van der Waals surface area contributed by atoms with Gasteiger partial charge in [-0.3, -0.25) is 9.78 Å². The lowest BCUT2D eigenvalue weighted by Crippen LogP contribution is -2.13. The largest absolute Gasteiger partial charge is 0.320 e. The summed E-state index contributed by atoms with van der Waals surface area (Å²) in [5.74, 6) is -0.131. The van der Waals surface area contributed by atoms with E-state index in [4.69, 9.17) is 0 Å². The van der Waals surface area contributed by atoms with Gasteiger partial charge in [0.05, 0.1) is 10.6 Å². The number of halogens is 1. The summed E-state index contributed by atoms with van der Waals surface area (Å²) in [5, 5.41) is 12.7. The Morgan fingerprint density at radius 1 is 1.39 bits per heavy atom. The Hall–Kier alpha value is -2.61. The SMILES string of the molecule is O=C(Nc1csc(-c2nncn2C2CC2)c1)c1cc(F)ccn1. The summed E-state index contributed by atoms with van der Waals surface area (Å²) in [6, 6.07) is 4.62. The van der Waals surface area contributed by atoms with Gasteiger partial charge in [0.15, 0.2) is 5.82 Å². The highest BCUT2D eigenvalue weighted by Gasteiger charge is 2.27. The highest BCUT2D eigenvalue weighted by Crippen LogP contribution is 2.39. The molecule has 1 aliphatic carbocycles. The molecule has 3 aromatic rings. The van der Waals surface area contributed by atoms with E-state index in [2.05, 4.69) is 25.1 Å². The summed E-state index contributed by atoms with van der Waals surface area (Å²) in [4.78, 5) is 16.9. The molecule has 0 saturated heterocycles. The molecule has 23 heavy (non-hydrogen) atoms. The summed E-state index contributed by atoms with van der Waals surface area (Å²) in [6.45, 7) is 0. The molecule has 0 aromatic carbocycles. The highest BCUT2D eigenvalue weighted by atomic mass is 32.1. The average Bonchev–Trinajstić information content (AvgIpc) is 3.09. The van der Waals surface area contributed by atoms with Crippen molar-refractivity contribution in [2.24, 2.45) is 0 Å². The van der Waals surface area contributed by atoms with Crippen LogP contribution in [0.5, 0.6) is 0 Å². The lowest BCUT2D eigenvalue weighted by atomic mass is 10.3. The number of carbonyl (C=O) groups excluding carboxylic acids is 1. The fourth-order valence-electron chi connectivity index (χ4n) is 2.28. The van der Waals surface area contributed by atoms with Crippen molar-refractivity contribution >= 4 is 22.9 Å². The maximum atomic E-state index is 13.1. The zero-order valence-electron chi connectivity index (χ0n) is 11.9. The van der Waals surface area contributed by atoms with Crippen LogP contribution in [0.4, 0.5) is 10.1 Å². The second kappa shape index (κ2) is 5.54. The van der Waals surface area contributed by atoms with Gasteiger partial charge in [-0.05, 0) is 25.0 Å². The first-order valence-electron chi connectivity index (χ1n) is 7.12. The third kappa shape index (κ3) is 2.85. The Morgan fingerprint density at radius 2 is 2.26 bits per heavy atom. The Balaban J connectivity index is 1.54. The third-order valence-corrected chi connectivity index (χ3v) is 4.47. The molecule has 3 aromatic heterocycles. The molecular formula is C15H12FN5OS. The number of aromatic nitrogens is 4. The molecule has 1 aliphatic rings. The van der Waals surface area contributed by atoms with Crippen LogP contribution in [-0.2, 0) is 0 Å². The van der Waals surface area contributed by atoms with Crippen molar-refractivity contribution in [1.82, 2.24) is 19.7 Å². The van der Waals surface area contributed by atoms with Crippen molar-refractivity contribution in [3.05, 3.63) is 47.6 Å². The average molecular weight is 329 g/mol. The molecule has 0 spiro atoms. The predicted octanol–water partition coefficient (Wildman–Crippen LogP) is 3.13. The zero-order chi connectivity index (χ0) is 15.8. The van der Waals surface area contributed by atoms with E-state index in [1.54, 1.807) is 6.33 Å². The molecule has 0 aliphatic heterocycles. The van der Waals surface area contributed by atoms with E-state index in [-0.39, 0.29) is 5.69 Å². The normalized spacial score (nSPS) is 14.0. The molecule has 1 fully saturated rings. The topological polar surface area (TPSA) is 72.7 Å². The molecule has 1 N–H and O–H groups in total. The van der Waals surface area contributed by atoms with Crippen LogP contribution in [-0.4, -0.2) is 25.7 Å². The lowest BCUT2D eigenvalue weighted by molar-refractivity contribution is 0.102. The standard InChI is InChI=1S/C15H12FN5OS/c16-9-3-4-17-12(5-9)15(22)19-10-6-13(23-7-10)14-20-18-8-21(14)11-1-2-11/h3-8,11H,1-2H2,(H,19,22). The van der Waals surface area contributed by atoms with Crippen molar-refractivity contribution in [2.75, 3.05) is 5.32 Å². The number of carbonyl (C=O) groups is 1. The summed E-state index contributed by atoms with van der Waals surface area (Å²) < 4.78 is 15.2. The zero-order valence-corrected chi connectivity index (χ0v) is 12.8. The van der Waals surface area contributed by atoms with Gasteiger partial charge in [-0.25, -0.2) is 4.39 Å². The van der Waals surface area contributed by atoms with E-state index in [9.17, 15) is 9.18 Å². The minimum atomic E-state index is -0.492. The lowest BCUT2D eigenvalue weighted by Gasteiger charge is -2.02. The number of hydrogen-bond donors (Lipinski definition) is 1. The molecule has 3 heterocycles. The monoisotopic (exact) mass is 329 g/mol. The van der Waals surface area contributed by atoms with Crippen LogP contribution in [0.2, 0.25) is 0 Å². The molecule has 6 nitrogen and oxygen atoms in total. The Kier molecular flexibility index (Phi) is 3.38. The minimum Gasteiger partial charge on any atom is -0.320 e. The quantitative estimate of drug-likeness (QED) is 0.798. The van der Waals surface area contributed by atoms with Crippen molar-refractivity contribution in [2.45, 2.75) is 18.9 Å². The van der Waals surface area contributed by atoms with Crippen molar-refractivity contribution < 1.29 is 9.18 Å². The van der Waals surface area contributed by atoms with E-state index in [0.29, 0.717) is 11.7 Å². The molecule has 0 atom stereocenters. The van der Waals surface area contributed by atoms with E-state index >= 15 is 0 Å². The van der Waals surface area contributed by atoms with Crippen LogP contribution in [0.1, 0.15) is 29.4 Å². The number of pyridine rings is 1. The van der Waals surface area contributed by atoms with Crippen LogP contribution >= 0.6 is 11.3 Å². The second-order valence-corrected chi connectivity index (χ2v) is 6.22. The van der Waals surface area contributed by atoms with E-state index in [1.807, 2.05) is 11.4 Å². The van der Waals surface area contributed by atoms with Crippen LogP contribution in [0.15, 0.2) is 36.1 Å². The number of rotatable bonds is 4. The molecule has 8 heteroatoms. The fraction of sp³-hybridized carbons (Fsp3) is 0.200. The first-order chi connectivity index (χ1) is 11.2. The molecular weight excluding hydrogens is 317 g/mol. The summed E-state index contributed by atoms with van der Waals surface area (Å²) in [6.07, 6.45) is 5.29. The molecule has 4 rings (SSSR count). The van der Waals surface area contributed by atoms with Crippen molar-refractivity contribution in [3.63, 3.8) is 0 Å². The third-order valence-electron chi connectivity index (χ3n) is 3.55. The Morgan fingerprint density at radius 3 is 3.04 bits per heavy atom. The molecule has 1 amide bonds. The molecule has 0 unspecified atom stereocenters. The Bertz CT molecular complexity index is 870. The summed E-state index contributed by atoms with van der Waals surface area (Å²) >= 11 is 1.47. The van der Waals surface area contributed by atoms with Gasteiger partial charge in [-0.15, -0.1) is 21.5 Å². The van der Waals surface area contributed by atoms with Gasteiger partial charge in [0.25, 0.3) is 5.91 Å². The van der Waals surface area contributed by atoms with Gasteiger partial charge in [-0.1, -0.05) is 0 Å². The van der Waals surface area contributed by atoms with Crippen molar-refractivity contribution in [1.29, 1.82) is 0 Å². The van der Waals surface area contributed by atoms with Crippen LogP contribution in [0.3, 0.4) is 0 Å². The number of nitrogens with one attached hydrogen (secondary N) is 1. The number of amides is 1. The maximum Gasteiger partial charge on any atom is 0.274 e.